The average molecular weight is 445 g/mol. The minimum absolute atomic E-state index is 0.178. The summed E-state index contributed by atoms with van der Waals surface area (Å²) in [6.07, 6.45) is 1.76. The number of likely N-dealkylation sites (N-methyl/N-ethyl adjacent to an activating group) is 1. The number of hydrogen-bond acceptors (Lipinski definition) is 6. The van der Waals surface area contributed by atoms with Crippen molar-refractivity contribution in [1.82, 2.24) is 10.2 Å². The van der Waals surface area contributed by atoms with Gasteiger partial charge >= 0.3 is 5.97 Å². The van der Waals surface area contributed by atoms with Crippen molar-refractivity contribution in [2.75, 3.05) is 32.0 Å². The molecule has 1 aliphatic heterocycles. The molecule has 8 heteroatoms. The third kappa shape index (κ3) is 3.77. The molecule has 0 saturated carbocycles. The maximum Gasteiger partial charge on any atom is 0.348 e. The summed E-state index contributed by atoms with van der Waals surface area (Å²) < 4.78 is 6.27. The van der Waals surface area contributed by atoms with Crippen molar-refractivity contribution in [1.29, 1.82) is 0 Å². The molecule has 168 valence electrons. The van der Waals surface area contributed by atoms with Crippen LogP contribution in [0.25, 0.3) is 11.1 Å². The van der Waals surface area contributed by atoms with Crippen LogP contribution in [0.2, 0.25) is 0 Å². The zero-order chi connectivity index (χ0) is 23.1. The summed E-state index contributed by atoms with van der Waals surface area (Å²) >= 11 is 0. The van der Waals surface area contributed by atoms with Crippen LogP contribution >= 0.6 is 0 Å². The number of esters is 1. The first-order valence-corrected chi connectivity index (χ1v) is 10.9. The fourth-order valence-electron chi connectivity index (χ4n) is 4.94. The van der Waals surface area contributed by atoms with Crippen LogP contribution in [0, 0.1) is 0 Å². The number of anilines is 1. The third-order valence-electron chi connectivity index (χ3n) is 6.49. The number of fused-ring (bicyclic) bond motifs is 3. The lowest BCUT2D eigenvalue weighted by Crippen LogP contribution is -2.48. The number of amides is 1. The van der Waals surface area contributed by atoms with Gasteiger partial charge in [-0.3, -0.25) is 4.79 Å². The Kier molecular flexibility index (Phi) is 5.19. The van der Waals surface area contributed by atoms with Gasteiger partial charge in [0, 0.05) is 23.7 Å². The number of benzene rings is 2. The lowest BCUT2D eigenvalue weighted by atomic mass is 9.91. The van der Waals surface area contributed by atoms with Gasteiger partial charge in [0.1, 0.15) is 6.54 Å². The van der Waals surface area contributed by atoms with E-state index in [2.05, 4.69) is 15.5 Å². The number of aliphatic hydroxyl groups is 1. The van der Waals surface area contributed by atoms with Crippen molar-refractivity contribution in [2.24, 2.45) is 0 Å². The number of carbonyl (C=O) groups excluding carboxylic acids is 2. The molecule has 3 aromatic rings. The Balaban J connectivity index is 1.29. The van der Waals surface area contributed by atoms with Gasteiger partial charge in [-0.05, 0) is 23.3 Å². The molecule has 2 N–H and O–H groups in total. The number of hydrogen-bond donors (Lipinski definition) is 2. The average Bonchev–Trinajstić information content (AvgIpc) is 3.30. The van der Waals surface area contributed by atoms with Crippen molar-refractivity contribution >= 4 is 17.7 Å². The number of rotatable bonds is 5. The van der Waals surface area contributed by atoms with E-state index in [-0.39, 0.29) is 12.5 Å². The maximum atomic E-state index is 13.3. The smallest absolute Gasteiger partial charge is 0.348 e. The zero-order valence-corrected chi connectivity index (χ0v) is 18.3. The molecule has 1 aromatic heterocycles. The van der Waals surface area contributed by atoms with Gasteiger partial charge in [-0.15, -0.1) is 5.10 Å². The molecule has 1 fully saturated rings. The lowest BCUT2D eigenvalue weighted by molar-refractivity contribution is -0.890. The molecule has 2 aliphatic rings. The first-order chi connectivity index (χ1) is 15.9. The highest BCUT2D eigenvalue weighted by Gasteiger charge is 2.51. The second kappa shape index (κ2) is 8.06. The molecule has 0 bridgehead atoms. The number of nitrogens with one attached hydrogen (secondary N) is 1. The van der Waals surface area contributed by atoms with E-state index < -0.39 is 17.7 Å². The monoisotopic (exact) mass is 445 g/mol. The summed E-state index contributed by atoms with van der Waals surface area (Å²) in [5.74, 6) is -0.457. The van der Waals surface area contributed by atoms with Crippen LogP contribution in [-0.2, 0) is 19.9 Å². The zero-order valence-electron chi connectivity index (χ0n) is 18.3. The molecule has 2 aromatic carbocycles. The highest BCUT2D eigenvalue weighted by molar-refractivity contribution is 5.96. The Bertz CT molecular complexity index is 1170. The number of quaternary nitrogens is 1. The molecule has 33 heavy (non-hydrogen) atoms. The molecule has 1 aliphatic carbocycles. The van der Waals surface area contributed by atoms with Crippen molar-refractivity contribution < 1.29 is 23.9 Å². The van der Waals surface area contributed by atoms with Crippen LogP contribution < -0.4 is 5.32 Å². The van der Waals surface area contributed by atoms with Gasteiger partial charge < -0.3 is 19.6 Å². The van der Waals surface area contributed by atoms with E-state index >= 15 is 0 Å². The maximum absolute atomic E-state index is 13.3. The quantitative estimate of drug-likeness (QED) is 0.461. The molecule has 0 radical (unpaired) electrons. The van der Waals surface area contributed by atoms with Gasteiger partial charge in [0.2, 0.25) is 5.60 Å². The van der Waals surface area contributed by atoms with Gasteiger partial charge in [-0.25, -0.2) is 4.79 Å². The Hall–Kier alpha value is -3.62. The fraction of sp³-hybridized carbons (Fsp3) is 0.280. The number of carbonyl (C=O) groups is 2. The summed E-state index contributed by atoms with van der Waals surface area (Å²) in [6, 6.07) is 18.1. The van der Waals surface area contributed by atoms with Crippen molar-refractivity contribution in [3.63, 3.8) is 0 Å². The molecule has 0 spiro atoms. The summed E-state index contributed by atoms with van der Waals surface area (Å²) in [5, 5.41) is 22.0. The van der Waals surface area contributed by atoms with Crippen molar-refractivity contribution in [2.45, 2.75) is 18.1 Å². The number of aromatic nitrogens is 2. The van der Waals surface area contributed by atoms with Gasteiger partial charge in [0.25, 0.3) is 5.91 Å². The summed E-state index contributed by atoms with van der Waals surface area (Å²) in [7, 11) is 1.96. The predicted octanol–water partition coefficient (Wildman–Crippen LogP) is 2.09. The third-order valence-corrected chi connectivity index (χ3v) is 6.49. The summed E-state index contributed by atoms with van der Waals surface area (Å²) in [5.41, 5.74) is 0.896. The van der Waals surface area contributed by atoms with Crippen LogP contribution in [-0.4, -0.2) is 64.4 Å². The number of ether oxygens (including phenoxy) is 1. The molecular weight excluding hydrogens is 420 g/mol. The van der Waals surface area contributed by atoms with E-state index in [0.717, 1.165) is 11.1 Å². The van der Waals surface area contributed by atoms with Crippen LogP contribution in [0.3, 0.4) is 0 Å². The van der Waals surface area contributed by atoms with Crippen molar-refractivity contribution in [3.05, 3.63) is 78.0 Å². The van der Waals surface area contributed by atoms with Crippen LogP contribution in [0.15, 0.2) is 66.9 Å². The Morgan fingerprint density at radius 1 is 1.09 bits per heavy atom. The van der Waals surface area contributed by atoms with E-state index in [1.54, 1.807) is 24.3 Å². The number of likely N-dealkylation sites (tertiary alicyclic amines) is 1. The predicted molar refractivity (Wildman–Crippen MR) is 121 cm³/mol. The Labute approximate surface area is 191 Å². The first-order valence-electron chi connectivity index (χ1n) is 10.9. The first kappa shape index (κ1) is 21.2. The highest BCUT2D eigenvalue weighted by atomic mass is 16.6. The Morgan fingerprint density at radius 3 is 2.39 bits per heavy atom. The van der Waals surface area contributed by atoms with Crippen LogP contribution in [0.5, 0.6) is 0 Å². The molecule has 2 unspecified atom stereocenters. The minimum atomic E-state index is -1.84. The Morgan fingerprint density at radius 2 is 1.76 bits per heavy atom. The molecule has 5 rings (SSSR count). The van der Waals surface area contributed by atoms with Gasteiger partial charge in [0.05, 0.1) is 13.6 Å². The minimum Gasteiger partial charge on any atom is -0.453 e. The van der Waals surface area contributed by atoms with Crippen LogP contribution in [0.4, 0.5) is 5.82 Å². The largest absolute Gasteiger partial charge is 0.453 e. The van der Waals surface area contributed by atoms with Crippen LogP contribution in [0.1, 0.15) is 17.5 Å². The highest BCUT2D eigenvalue weighted by Crippen LogP contribution is 2.48. The van der Waals surface area contributed by atoms with E-state index in [0.29, 0.717) is 40.9 Å². The van der Waals surface area contributed by atoms with E-state index in [1.807, 2.05) is 43.4 Å². The van der Waals surface area contributed by atoms with E-state index in [1.165, 1.54) is 6.20 Å². The fourth-order valence-corrected chi connectivity index (χ4v) is 4.94. The standard InChI is InChI=1S/C25H24N4O4/c1-29(16-23(30)27-22-11-6-13-26-28-22)14-12-17(15-29)33-24(31)25(32)20-9-4-2-7-18(20)19-8-3-5-10-21(19)25/h2-11,13,17,32H,12,14-16H2,1H3/p+1. The molecule has 1 saturated heterocycles. The van der Waals surface area contributed by atoms with Gasteiger partial charge in [0.15, 0.2) is 18.5 Å². The topological polar surface area (TPSA) is 101 Å². The molecule has 2 heterocycles. The molecular formula is C25H25N4O4+. The molecule has 8 nitrogen and oxygen atoms in total. The second-order valence-electron chi connectivity index (χ2n) is 8.96. The molecule has 2 atom stereocenters. The molecule has 1 amide bonds. The van der Waals surface area contributed by atoms with Crippen molar-refractivity contribution in [3.8, 4) is 11.1 Å². The summed E-state index contributed by atoms with van der Waals surface area (Å²) in [6.45, 7) is 1.39. The van der Waals surface area contributed by atoms with E-state index in [9.17, 15) is 14.7 Å². The second-order valence-corrected chi connectivity index (χ2v) is 8.96. The normalized spacial score (nSPS) is 22.3. The van der Waals surface area contributed by atoms with E-state index in [4.69, 9.17) is 4.74 Å². The SMILES string of the molecule is C[N+]1(CC(=O)Nc2cccnn2)CCC(OC(=O)C2(O)c3ccccc3-c3ccccc32)C1. The van der Waals surface area contributed by atoms with Gasteiger partial charge in [-0.2, -0.15) is 5.10 Å². The van der Waals surface area contributed by atoms with Gasteiger partial charge in [-0.1, -0.05) is 48.5 Å². The lowest BCUT2D eigenvalue weighted by Gasteiger charge is -2.29. The summed E-state index contributed by atoms with van der Waals surface area (Å²) in [4.78, 5) is 25.8. The number of nitrogens with zero attached hydrogens (tertiary/aromatic N) is 3.